The highest BCUT2D eigenvalue weighted by Crippen LogP contribution is 2.34. The molecule has 10 heteroatoms. The molecule has 0 saturated carbocycles. The summed E-state index contributed by atoms with van der Waals surface area (Å²) in [5.74, 6) is -0.454. The largest absolute Gasteiger partial charge is 0.493 e. The van der Waals surface area contributed by atoms with Crippen molar-refractivity contribution in [3.8, 4) is 11.5 Å². The lowest BCUT2D eigenvalue weighted by atomic mass is 10.1. The summed E-state index contributed by atoms with van der Waals surface area (Å²) in [7, 11) is 2.89. The van der Waals surface area contributed by atoms with Gasteiger partial charge in [0.15, 0.2) is 11.5 Å². The van der Waals surface area contributed by atoms with Crippen LogP contribution in [0.25, 0.3) is 0 Å². The number of nitrogens with zero attached hydrogens (tertiary/aromatic N) is 1. The van der Waals surface area contributed by atoms with Crippen molar-refractivity contribution in [3.63, 3.8) is 0 Å². The lowest BCUT2D eigenvalue weighted by Crippen LogP contribution is -2.22. The van der Waals surface area contributed by atoms with E-state index in [1.54, 1.807) is 6.07 Å². The van der Waals surface area contributed by atoms with Crippen LogP contribution in [0.4, 0.5) is 18.9 Å². The first-order valence-corrected chi connectivity index (χ1v) is 8.67. The molecule has 0 radical (unpaired) electrons. The second kappa shape index (κ2) is 9.77. The number of hydrogen-bond acceptors (Lipinski definition) is 5. The number of halogens is 3. The zero-order chi connectivity index (χ0) is 22.3. The molecule has 0 bridgehead atoms. The minimum atomic E-state index is -4.60. The van der Waals surface area contributed by atoms with Crippen LogP contribution < -0.4 is 20.2 Å². The van der Waals surface area contributed by atoms with Gasteiger partial charge in [-0.15, -0.1) is 0 Å². The topological polar surface area (TPSA) is 89.0 Å². The zero-order valence-electron chi connectivity index (χ0n) is 16.5. The number of alkyl halides is 3. The Balaban J connectivity index is 2.00. The summed E-state index contributed by atoms with van der Waals surface area (Å²) in [6, 6.07) is 9.16. The Bertz CT molecular complexity index is 959. The number of hydrogen-bond donors (Lipinski definition) is 2. The Hall–Kier alpha value is -3.56. The number of nitrogens with one attached hydrogen (secondary N) is 2. The van der Waals surface area contributed by atoms with E-state index in [0.717, 1.165) is 12.1 Å². The van der Waals surface area contributed by atoms with Crippen LogP contribution >= 0.6 is 0 Å². The molecule has 0 fully saturated rings. The number of benzene rings is 2. The van der Waals surface area contributed by atoms with Crippen LogP contribution in [-0.4, -0.2) is 31.7 Å². The van der Waals surface area contributed by atoms with Gasteiger partial charge in [-0.25, -0.2) is 5.43 Å². The summed E-state index contributed by atoms with van der Waals surface area (Å²) in [6.07, 6.45) is -4.90. The molecule has 2 aromatic rings. The van der Waals surface area contributed by atoms with Crippen LogP contribution in [0.2, 0.25) is 0 Å². The van der Waals surface area contributed by atoms with E-state index in [1.165, 1.54) is 45.4 Å². The predicted octanol–water partition coefficient (Wildman–Crippen LogP) is 3.86. The van der Waals surface area contributed by atoms with Gasteiger partial charge in [0.25, 0.3) is 5.91 Å². The average Bonchev–Trinajstić information content (AvgIpc) is 2.70. The van der Waals surface area contributed by atoms with Crippen molar-refractivity contribution in [2.75, 3.05) is 19.5 Å². The van der Waals surface area contributed by atoms with E-state index in [-0.39, 0.29) is 23.4 Å². The maximum atomic E-state index is 13.0. The van der Waals surface area contributed by atoms with Crippen LogP contribution in [0.1, 0.15) is 29.3 Å². The van der Waals surface area contributed by atoms with Crippen LogP contribution in [-0.2, 0) is 11.0 Å². The number of ether oxygens (including phenoxy) is 2. The molecule has 0 aliphatic carbocycles. The number of hydrazone groups is 1. The third-order valence-corrected chi connectivity index (χ3v) is 3.92. The molecule has 0 saturated heterocycles. The molecule has 0 aromatic heterocycles. The summed E-state index contributed by atoms with van der Waals surface area (Å²) in [4.78, 5) is 24.3. The van der Waals surface area contributed by atoms with Gasteiger partial charge in [0.05, 0.1) is 31.9 Å². The van der Waals surface area contributed by atoms with Gasteiger partial charge in [-0.05, 0) is 37.3 Å². The molecule has 0 heterocycles. The van der Waals surface area contributed by atoms with Gasteiger partial charge >= 0.3 is 6.18 Å². The smallest absolute Gasteiger partial charge is 0.418 e. The Morgan fingerprint density at radius 2 is 1.70 bits per heavy atom. The van der Waals surface area contributed by atoms with E-state index in [2.05, 4.69) is 15.8 Å². The minimum absolute atomic E-state index is 0.200. The highest BCUT2D eigenvalue weighted by molar-refractivity contribution is 6.06. The molecule has 0 unspecified atom stereocenters. The zero-order valence-corrected chi connectivity index (χ0v) is 16.5. The van der Waals surface area contributed by atoms with Crippen LogP contribution in [0.3, 0.4) is 0 Å². The van der Waals surface area contributed by atoms with E-state index in [9.17, 15) is 22.8 Å². The number of para-hydroxylation sites is 1. The van der Waals surface area contributed by atoms with Gasteiger partial charge in [0.2, 0.25) is 5.91 Å². The normalized spacial score (nSPS) is 11.6. The molecule has 160 valence electrons. The quantitative estimate of drug-likeness (QED) is 0.523. The fourth-order valence-electron chi connectivity index (χ4n) is 2.49. The van der Waals surface area contributed by atoms with Crippen LogP contribution in [0.5, 0.6) is 11.5 Å². The lowest BCUT2D eigenvalue weighted by Gasteiger charge is -2.13. The van der Waals surface area contributed by atoms with Crippen molar-refractivity contribution in [1.82, 2.24) is 5.43 Å². The molecule has 0 aliphatic heterocycles. The Morgan fingerprint density at radius 1 is 1.03 bits per heavy atom. The Kier molecular flexibility index (Phi) is 7.40. The van der Waals surface area contributed by atoms with Crippen molar-refractivity contribution in [1.29, 1.82) is 0 Å². The second-order valence-electron chi connectivity index (χ2n) is 6.13. The summed E-state index contributed by atoms with van der Waals surface area (Å²) in [5.41, 5.74) is 1.43. The third kappa shape index (κ3) is 5.97. The Morgan fingerprint density at radius 3 is 2.33 bits per heavy atom. The first kappa shape index (κ1) is 22.7. The Labute approximate surface area is 170 Å². The first-order valence-electron chi connectivity index (χ1n) is 8.67. The summed E-state index contributed by atoms with van der Waals surface area (Å²) in [6.45, 7) is 1.46. The fourth-order valence-corrected chi connectivity index (χ4v) is 2.49. The maximum Gasteiger partial charge on any atom is 0.418 e. The number of carbonyl (C=O) groups is 2. The average molecular weight is 423 g/mol. The summed E-state index contributed by atoms with van der Waals surface area (Å²) >= 11 is 0. The standard InChI is InChI=1S/C20H20F3N3O4/c1-12(10-18(27)24-15-7-5-4-6-14(15)20(21,22)23)25-26-19(28)13-8-9-16(29-2)17(11-13)30-3/h4-9,11H,10H2,1-3H3,(H,24,27)(H,26,28). The fraction of sp³-hybridized carbons (Fsp3) is 0.250. The molecule has 30 heavy (non-hydrogen) atoms. The van der Waals surface area contributed by atoms with Crippen molar-refractivity contribution >= 4 is 23.2 Å². The molecule has 7 nitrogen and oxygen atoms in total. The SMILES string of the molecule is COc1ccc(C(=O)NN=C(C)CC(=O)Nc2ccccc2C(F)(F)F)cc1OC. The molecular formula is C20H20F3N3O4. The maximum absolute atomic E-state index is 13.0. The van der Waals surface area contributed by atoms with Gasteiger partial charge in [0.1, 0.15) is 0 Å². The highest BCUT2D eigenvalue weighted by Gasteiger charge is 2.33. The third-order valence-electron chi connectivity index (χ3n) is 3.92. The van der Waals surface area contributed by atoms with E-state index >= 15 is 0 Å². The number of rotatable bonds is 7. The molecule has 0 spiro atoms. The van der Waals surface area contributed by atoms with Gasteiger partial charge in [-0.2, -0.15) is 18.3 Å². The lowest BCUT2D eigenvalue weighted by molar-refractivity contribution is -0.137. The van der Waals surface area contributed by atoms with Gasteiger partial charge in [-0.1, -0.05) is 12.1 Å². The van der Waals surface area contributed by atoms with Gasteiger partial charge < -0.3 is 14.8 Å². The van der Waals surface area contributed by atoms with E-state index < -0.39 is 23.6 Å². The van der Waals surface area contributed by atoms with Gasteiger partial charge in [-0.3, -0.25) is 9.59 Å². The number of methoxy groups -OCH3 is 2. The molecule has 0 atom stereocenters. The molecule has 2 N–H and O–H groups in total. The van der Waals surface area contributed by atoms with E-state index in [0.29, 0.717) is 11.5 Å². The van der Waals surface area contributed by atoms with Gasteiger partial charge in [0, 0.05) is 11.3 Å². The first-order chi connectivity index (χ1) is 14.2. The van der Waals surface area contributed by atoms with E-state index in [1.807, 2.05) is 0 Å². The monoisotopic (exact) mass is 423 g/mol. The van der Waals surface area contributed by atoms with Crippen LogP contribution in [0, 0.1) is 0 Å². The predicted molar refractivity (Wildman–Crippen MR) is 105 cm³/mol. The number of amides is 2. The second-order valence-corrected chi connectivity index (χ2v) is 6.13. The minimum Gasteiger partial charge on any atom is -0.493 e. The van der Waals surface area contributed by atoms with Crippen molar-refractivity contribution < 1.29 is 32.2 Å². The van der Waals surface area contributed by atoms with Crippen molar-refractivity contribution in [2.24, 2.45) is 5.10 Å². The summed E-state index contributed by atoms with van der Waals surface area (Å²) < 4.78 is 49.2. The molecule has 0 aliphatic rings. The number of carbonyl (C=O) groups excluding carboxylic acids is 2. The summed E-state index contributed by atoms with van der Waals surface area (Å²) in [5, 5.41) is 6.03. The highest BCUT2D eigenvalue weighted by atomic mass is 19.4. The van der Waals surface area contributed by atoms with Crippen molar-refractivity contribution in [3.05, 3.63) is 53.6 Å². The van der Waals surface area contributed by atoms with Crippen molar-refractivity contribution in [2.45, 2.75) is 19.5 Å². The molecule has 2 rings (SSSR count). The molecule has 2 aromatic carbocycles. The number of anilines is 1. The van der Waals surface area contributed by atoms with Crippen LogP contribution in [0.15, 0.2) is 47.6 Å². The molecular weight excluding hydrogens is 403 g/mol. The molecule has 2 amide bonds. The van der Waals surface area contributed by atoms with E-state index in [4.69, 9.17) is 9.47 Å².